The number of hydrogen-bond acceptors (Lipinski definition) is 5. The number of carbonyl (C=O) groups excluding carboxylic acids is 2. The van der Waals surface area contributed by atoms with Gasteiger partial charge in [0.2, 0.25) is 11.7 Å². The van der Waals surface area contributed by atoms with Gasteiger partial charge in [-0.2, -0.15) is 26.3 Å². The van der Waals surface area contributed by atoms with Crippen LogP contribution in [0.3, 0.4) is 0 Å². The van der Waals surface area contributed by atoms with Crippen LogP contribution in [0, 0.1) is 23.5 Å². The molecule has 3 fully saturated rings. The van der Waals surface area contributed by atoms with Gasteiger partial charge in [-0.1, -0.05) is 5.16 Å². The van der Waals surface area contributed by atoms with Crippen LogP contribution in [0.25, 0.3) is 0 Å². The van der Waals surface area contributed by atoms with Crippen LogP contribution in [-0.4, -0.2) is 47.2 Å². The van der Waals surface area contributed by atoms with Crippen molar-refractivity contribution in [3.8, 4) is 0 Å². The second-order valence-electron chi connectivity index (χ2n) is 9.24. The molecule has 1 aliphatic carbocycles. The van der Waals surface area contributed by atoms with Crippen molar-refractivity contribution in [3.63, 3.8) is 0 Å². The molecule has 3 heterocycles. The lowest BCUT2D eigenvalue weighted by Crippen LogP contribution is -2.51. The van der Waals surface area contributed by atoms with Crippen molar-refractivity contribution in [1.82, 2.24) is 15.4 Å². The smallest absolute Gasteiger partial charge is 0.381 e. The van der Waals surface area contributed by atoms with Gasteiger partial charge in [0.05, 0.1) is 24.8 Å². The molecule has 200 valence electrons. The zero-order valence-electron chi connectivity index (χ0n) is 18.5. The topological polar surface area (TPSA) is 84.7 Å². The van der Waals surface area contributed by atoms with Crippen molar-refractivity contribution >= 4 is 11.8 Å². The minimum atomic E-state index is -5.14. The Kier molecular flexibility index (Phi) is 5.96. The number of halogens is 8. The van der Waals surface area contributed by atoms with E-state index < -0.39 is 82.4 Å². The van der Waals surface area contributed by atoms with E-state index in [2.05, 4.69) is 15.0 Å². The van der Waals surface area contributed by atoms with E-state index in [0.29, 0.717) is 18.6 Å². The summed E-state index contributed by atoms with van der Waals surface area (Å²) in [5, 5.41) is 5.32. The summed E-state index contributed by atoms with van der Waals surface area (Å²) in [6.45, 7) is 0.00769. The van der Waals surface area contributed by atoms with Crippen LogP contribution >= 0.6 is 0 Å². The molecule has 1 saturated carbocycles. The van der Waals surface area contributed by atoms with Gasteiger partial charge in [-0.05, 0) is 30.9 Å². The molecule has 1 aromatic heterocycles. The lowest BCUT2D eigenvalue weighted by atomic mass is 9.89. The zero-order chi connectivity index (χ0) is 26.9. The lowest BCUT2D eigenvalue weighted by Gasteiger charge is -2.36. The second kappa shape index (κ2) is 8.67. The number of piperidine rings is 1. The summed E-state index contributed by atoms with van der Waals surface area (Å²) < 4.78 is 116. The highest BCUT2D eigenvalue weighted by molar-refractivity contribution is 5.97. The molecule has 0 bridgehead atoms. The Bertz CT molecular complexity index is 1240. The van der Waals surface area contributed by atoms with Gasteiger partial charge in [0.1, 0.15) is 17.7 Å². The molecule has 37 heavy (non-hydrogen) atoms. The maximum absolute atomic E-state index is 14.7. The monoisotopic (exact) mass is 539 g/mol. The van der Waals surface area contributed by atoms with E-state index in [0.717, 1.165) is 4.90 Å². The third-order valence-corrected chi connectivity index (χ3v) is 6.81. The fourth-order valence-electron chi connectivity index (χ4n) is 4.78. The number of nitrogens with one attached hydrogen (secondary N) is 1. The number of aromatic nitrogens is 1. The summed E-state index contributed by atoms with van der Waals surface area (Å²) in [5.74, 6) is -6.37. The molecule has 1 aromatic carbocycles. The van der Waals surface area contributed by atoms with Crippen LogP contribution in [0.5, 0.6) is 0 Å². The van der Waals surface area contributed by atoms with Gasteiger partial charge in [-0.25, -0.2) is 8.78 Å². The Morgan fingerprint density at radius 2 is 1.70 bits per heavy atom. The van der Waals surface area contributed by atoms with E-state index >= 15 is 0 Å². The summed E-state index contributed by atoms with van der Waals surface area (Å²) in [6, 6.07) is -2.11. The zero-order valence-corrected chi connectivity index (χ0v) is 18.5. The number of likely N-dealkylation sites (tertiary alicyclic amines) is 1. The van der Waals surface area contributed by atoms with Gasteiger partial charge < -0.3 is 19.5 Å². The van der Waals surface area contributed by atoms with E-state index in [1.54, 1.807) is 0 Å². The molecular weight excluding hydrogens is 522 g/mol. The van der Waals surface area contributed by atoms with Crippen LogP contribution < -0.4 is 5.32 Å². The standard InChI is InChI=1S/C22H17F8N3O4/c23-12-4-11(21(25,26)27)13(24)3-10(12)18(9-6-36-7-9)31-19(34)15-2-8-1-14(8)33(15)20(35)16-5-17(32-37-16)22(28,29)30/h3-5,8-9,14-15,18H,1-2,6-7H2,(H,31,34)/t8-,14-,15-,18-/m1/s1. The SMILES string of the molecule is O=C(N[C@@H](c1cc(F)c(C(F)(F)F)cc1F)C1COC1)[C@H]1C[C@H]2C[C@H]2N1C(=O)c1cc(C(F)(F)F)no1. The van der Waals surface area contributed by atoms with Gasteiger partial charge >= 0.3 is 12.4 Å². The van der Waals surface area contributed by atoms with Crippen molar-refractivity contribution in [2.24, 2.45) is 11.8 Å². The summed E-state index contributed by atoms with van der Waals surface area (Å²) >= 11 is 0. The minimum Gasteiger partial charge on any atom is -0.381 e. The fraction of sp³-hybridized carbons (Fsp3) is 0.500. The number of carbonyl (C=O) groups is 2. The lowest BCUT2D eigenvalue weighted by molar-refractivity contribution is -0.143. The second-order valence-corrected chi connectivity index (χ2v) is 9.24. The molecule has 3 aliphatic rings. The number of fused-ring (bicyclic) bond motifs is 1. The molecule has 2 saturated heterocycles. The van der Waals surface area contributed by atoms with Crippen molar-refractivity contribution in [1.29, 1.82) is 0 Å². The summed E-state index contributed by atoms with van der Waals surface area (Å²) in [5.41, 5.74) is -3.76. The van der Waals surface area contributed by atoms with Gasteiger partial charge in [0.15, 0.2) is 5.69 Å². The summed E-state index contributed by atoms with van der Waals surface area (Å²) in [7, 11) is 0. The van der Waals surface area contributed by atoms with Gasteiger partial charge in [0.25, 0.3) is 5.91 Å². The third kappa shape index (κ3) is 4.64. The van der Waals surface area contributed by atoms with Crippen LogP contribution in [0.15, 0.2) is 22.7 Å². The normalized spacial score (nSPS) is 24.4. The molecule has 0 radical (unpaired) electrons. The Morgan fingerprint density at radius 3 is 2.27 bits per heavy atom. The Labute approximate surface area is 202 Å². The molecule has 15 heteroatoms. The first-order chi connectivity index (χ1) is 17.3. The van der Waals surface area contributed by atoms with Crippen LogP contribution in [-0.2, 0) is 21.9 Å². The summed E-state index contributed by atoms with van der Waals surface area (Å²) in [6.07, 6.45) is -9.33. The van der Waals surface area contributed by atoms with E-state index in [1.165, 1.54) is 0 Å². The molecule has 0 unspecified atom stereocenters. The average Bonchev–Trinajstić information content (AvgIpc) is 3.18. The Balaban J connectivity index is 1.39. The number of benzene rings is 1. The van der Waals surface area contributed by atoms with Crippen molar-refractivity contribution in [2.75, 3.05) is 13.2 Å². The largest absolute Gasteiger partial charge is 0.436 e. The number of amides is 2. The number of nitrogens with zero attached hydrogens (tertiary/aromatic N) is 2. The molecule has 5 rings (SSSR count). The number of rotatable bonds is 5. The molecular formula is C22H17F8N3O4. The predicted molar refractivity (Wildman–Crippen MR) is 105 cm³/mol. The maximum Gasteiger partial charge on any atom is 0.436 e. The average molecular weight is 539 g/mol. The first kappa shape index (κ1) is 25.4. The first-order valence-corrected chi connectivity index (χ1v) is 11.1. The van der Waals surface area contributed by atoms with Crippen LogP contribution in [0.1, 0.15) is 46.3 Å². The van der Waals surface area contributed by atoms with Crippen molar-refractivity contribution in [2.45, 2.75) is 43.3 Å². The van der Waals surface area contributed by atoms with Crippen molar-refractivity contribution < 1.29 is 54.0 Å². The van der Waals surface area contributed by atoms with Gasteiger partial charge in [-0.15, -0.1) is 0 Å². The first-order valence-electron chi connectivity index (χ1n) is 11.1. The maximum atomic E-state index is 14.7. The highest BCUT2D eigenvalue weighted by atomic mass is 19.4. The molecule has 2 amide bonds. The summed E-state index contributed by atoms with van der Waals surface area (Å²) in [4.78, 5) is 27.2. The highest BCUT2D eigenvalue weighted by Gasteiger charge is 2.57. The fourth-order valence-corrected chi connectivity index (χ4v) is 4.78. The minimum absolute atomic E-state index is 0.00384. The molecule has 2 aromatic rings. The number of hydrogen-bond donors (Lipinski definition) is 1. The highest BCUT2D eigenvalue weighted by Crippen LogP contribution is 2.49. The molecule has 7 nitrogen and oxygen atoms in total. The quantitative estimate of drug-likeness (QED) is 0.579. The number of alkyl halides is 6. The van der Waals surface area contributed by atoms with Crippen LogP contribution in [0.2, 0.25) is 0 Å². The third-order valence-electron chi connectivity index (χ3n) is 6.81. The Morgan fingerprint density at radius 1 is 1.00 bits per heavy atom. The Hall–Kier alpha value is -3.23. The van der Waals surface area contributed by atoms with Crippen LogP contribution in [0.4, 0.5) is 35.1 Å². The van der Waals surface area contributed by atoms with Gasteiger partial charge in [-0.3, -0.25) is 9.59 Å². The molecule has 0 spiro atoms. The van der Waals surface area contributed by atoms with Gasteiger partial charge in [0, 0.05) is 23.6 Å². The van der Waals surface area contributed by atoms with E-state index in [-0.39, 0.29) is 31.6 Å². The van der Waals surface area contributed by atoms with E-state index in [4.69, 9.17) is 4.74 Å². The molecule has 4 atom stereocenters. The van der Waals surface area contributed by atoms with E-state index in [1.807, 2.05) is 0 Å². The predicted octanol–water partition coefficient (Wildman–Crippen LogP) is 4.10. The molecule has 2 aliphatic heterocycles. The van der Waals surface area contributed by atoms with E-state index in [9.17, 15) is 44.7 Å². The van der Waals surface area contributed by atoms with Crippen molar-refractivity contribution in [3.05, 3.63) is 52.4 Å². The number of ether oxygens (including phenoxy) is 1. The molecule has 1 N–H and O–H groups in total.